The second kappa shape index (κ2) is 7.77. The molecule has 0 bridgehead atoms. The minimum atomic E-state index is -0.292. The summed E-state index contributed by atoms with van der Waals surface area (Å²) in [6.45, 7) is -0.112. The predicted octanol–water partition coefficient (Wildman–Crippen LogP) is 2.19. The number of carbonyl (C=O) groups excluding carboxylic acids is 2. The first-order valence-corrected chi connectivity index (χ1v) is 8.32. The third-order valence-corrected chi connectivity index (χ3v) is 3.87. The van der Waals surface area contributed by atoms with Crippen LogP contribution in [0.15, 0.2) is 42.5 Å². The van der Waals surface area contributed by atoms with Gasteiger partial charge in [0.25, 0.3) is 11.8 Å². The van der Waals surface area contributed by atoms with Crippen molar-refractivity contribution in [3.63, 3.8) is 0 Å². The summed E-state index contributed by atoms with van der Waals surface area (Å²) in [5.74, 6) is 0.388. The van der Waals surface area contributed by atoms with Crippen molar-refractivity contribution in [2.45, 2.75) is 18.9 Å². The van der Waals surface area contributed by atoms with E-state index in [0.717, 1.165) is 12.8 Å². The summed E-state index contributed by atoms with van der Waals surface area (Å²) in [4.78, 5) is 24.1. The summed E-state index contributed by atoms with van der Waals surface area (Å²) >= 11 is 0. The van der Waals surface area contributed by atoms with Gasteiger partial charge in [0.1, 0.15) is 0 Å². The molecule has 1 aliphatic rings. The fourth-order valence-corrected chi connectivity index (χ4v) is 2.39. The summed E-state index contributed by atoms with van der Waals surface area (Å²) in [7, 11) is 1.51. The van der Waals surface area contributed by atoms with E-state index in [9.17, 15) is 9.59 Å². The van der Waals surface area contributed by atoms with Gasteiger partial charge in [-0.25, -0.2) is 0 Å². The first kappa shape index (κ1) is 17.6. The molecule has 2 amide bonds. The maximum Gasteiger partial charge on any atom is 0.258 e. The van der Waals surface area contributed by atoms with Crippen LogP contribution >= 0.6 is 0 Å². The van der Waals surface area contributed by atoms with E-state index in [1.54, 1.807) is 42.5 Å². The number of carbonyl (C=O) groups is 2. The Morgan fingerprint density at radius 2 is 1.96 bits per heavy atom. The van der Waals surface area contributed by atoms with Crippen LogP contribution in [0.25, 0.3) is 0 Å². The zero-order chi connectivity index (χ0) is 18.5. The topological polar surface area (TPSA) is 103 Å². The van der Waals surface area contributed by atoms with Gasteiger partial charge in [0, 0.05) is 29.0 Å². The van der Waals surface area contributed by atoms with Crippen LogP contribution in [0.5, 0.6) is 11.5 Å². The highest BCUT2D eigenvalue weighted by molar-refractivity contribution is 6.04. The number of anilines is 2. The van der Waals surface area contributed by atoms with E-state index < -0.39 is 0 Å². The molecule has 136 valence electrons. The molecule has 3 rings (SSSR count). The molecular weight excluding hydrogens is 334 g/mol. The third kappa shape index (κ3) is 4.66. The zero-order valence-corrected chi connectivity index (χ0v) is 14.5. The molecule has 2 aromatic carbocycles. The highest BCUT2D eigenvalue weighted by Crippen LogP contribution is 2.30. The average molecular weight is 355 g/mol. The lowest BCUT2D eigenvalue weighted by molar-refractivity contribution is -0.123. The largest absolute Gasteiger partial charge is 0.493 e. The molecule has 0 radical (unpaired) electrons. The Labute approximate surface area is 151 Å². The van der Waals surface area contributed by atoms with E-state index in [4.69, 9.17) is 15.2 Å². The Kier molecular flexibility index (Phi) is 5.26. The minimum absolute atomic E-state index is 0.112. The summed E-state index contributed by atoms with van der Waals surface area (Å²) in [6, 6.07) is 12.0. The maximum atomic E-state index is 12.3. The Bertz CT molecular complexity index is 818. The van der Waals surface area contributed by atoms with Crippen molar-refractivity contribution in [2.75, 3.05) is 24.8 Å². The molecule has 0 aromatic heterocycles. The van der Waals surface area contributed by atoms with Crippen LogP contribution in [-0.4, -0.2) is 31.6 Å². The first-order chi connectivity index (χ1) is 12.5. The second-order valence-electron chi connectivity index (χ2n) is 6.08. The van der Waals surface area contributed by atoms with Crippen LogP contribution in [0.3, 0.4) is 0 Å². The van der Waals surface area contributed by atoms with Gasteiger partial charge in [0.2, 0.25) is 0 Å². The average Bonchev–Trinajstić information content (AvgIpc) is 3.44. The van der Waals surface area contributed by atoms with Crippen molar-refractivity contribution in [3.8, 4) is 11.5 Å². The lowest BCUT2D eigenvalue weighted by atomic mass is 10.2. The fourth-order valence-electron chi connectivity index (χ4n) is 2.39. The molecule has 0 spiro atoms. The number of hydrogen-bond donors (Lipinski definition) is 3. The zero-order valence-electron chi connectivity index (χ0n) is 14.5. The number of benzene rings is 2. The summed E-state index contributed by atoms with van der Waals surface area (Å²) < 4.78 is 10.8. The van der Waals surface area contributed by atoms with Crippen LogP contribution in [0, 0.1) is 0 Å². The highest BCUT2D eigenvalue weighted by Gasteiger charge is 2.23. The van der Waals surface area contributed by atoms with Crippen molar-refractivity contribution in [1.29, 1.82) is 0 Å². The van der Waals surface area contributed by atoms with Crippen LogP contribution in [-0.2, 0) is 4.79 Å². The number of nitrogen functional groups attached to an aromatic ring is 1. The summed E-state index contributed by atoms with van der Waals surface area (Å²) in [5.41, 5.74) is 7.19. The lowest BCUT2D eigenvalue weighted by Gasteiger charge is -2.13. The second-order valence-corrected chi connectivity index (χ2v) is 6.08. The molecule has 2 aromatic rings. The van der Waals surface area contributed by atoms with E-state index in [0.29, 0.717) is 28.4 Å². The van der Waals surface area contributed by atoms with Crippen molar-refractivity contribution in [1.82, 2.24) is 5.32 Å². The molecule has 0 saturated heterocycles. The van der Waals surface area contributed by atoms with E-state index in [2.05, 4.69) is 10.6 Å². The molecule has 0 aliphatic heterocycles. The number of nitrogens with one attached hydrogen (secondary N) is 2. The molecule has 1 fully saturated rings. The van der Waals surface area contributed by atoms with E-state index in [1.165, 1.54) is 7.11 Å². The molecule has 0 unspecified atom stereocenters. The van der Waals surface area contributed by atoms with Gasteiger partial charge in [0.15, 0.2) is 18.1 Å². The molecule has 0 atom stereocenters. The van der Waals surface area contributed by atoms with Crippen molar-refractivity contribution in [3.05, 3.63) is 48.0 Å². The molecule has 4 N–H and O–H groups in total. The van der Waals surface area contributed by atoms with Gasteiger partial charge >= 0.3 is 0 Å². The quantitative estimate of drug-likeness (QED) is 0.661. The number of ether oxygens (including phenoxy) is 2. The Hall–Kier alpha value is -3.22. The SMILES string of the molecule is COc1ccc(NC(=O)c2cccc(N)c2)cc1OCC(=O)NC1CC1. The Morgan fingerprint density at radius 3 is 2.65 bits per heavy atom. The van der Waals surface area contributed by atoms with Crippen molar-refractivity contribution in [2.24, 2.45) is 0 Å². The first-order valence-electron chi connectivity index (χ1n) is 8.32. The molecular formula is C19H21N3O4. The van der Waals surface area contributed by atoms with E-state index in [-0.39, 0.29) is 24.5 Å². The summed E-state index contributed by atoms with van der Waals surface area (Å²) in [6.07, 6.45) is 2.03. The van der Waals surface area contributed by atoms with E-state index >= 15 is 0 Å². The van der Waals surface area contributed by atoms with Gasteiger partial charge in [-0.1, -0.05) is 6.07 Å². The third-order valence-electron chi connectivity index (χ3n) is 3.87. The molecule has 7 nitrogen and oxygen atoms in total. The minimum Gasteiger partial charge on any atom is -0.493 e. The summed E-state index contributed by atoms with van der Waals surface area (Å²) in [5, 5.41) is 5.63. The maximum absolute atomic E-state index is 12.3. The van der Waals surface area contributed by atoms with Gasteiger partial charge in [0.05, 0.1) is 7.11 Å². The monoisotopic (exact) mass is 355 g/mol. The number of hydrogen-bond acceptors (Lipinski definition) is 5. The number of nitrogens with two attached hydrogens (primary N) is 1. The van der Waals surface area contributed by atoms with Gasteiger partial charge in [-0.3, -0.25) is 9.59 Å². The van der Waals surface area contributed by atoms with Gasteiger partial charge in [-0.15, -0.1) is 0 Å². The normalized spacial score (nSPS) is 13.0. The van der Waals surface area contributed by atoms with Gasteiger partial charge < -0.3 is 25.8 Å². The van der Waals surface area contributed by atoms with Crippen molar-refractivity contribution >= 4 is 23.2 Å². The highest BCUT2D eigenvalue weighted by atomic mass is 16.5. The number of rotatable bonds is 7. The molecule has 1 aliphatic carbocycles. The van der Waals surface area contributed by atoms with Crippen LogP contribution in [0.2, 0.25) is 0 Å². The van der Waals surface area contributed by atoms with Crippen LogP contribution in [0.4, 0.5) is 11.4 Å². The fraction of sp³-hybridized carbons (Fsp3) is 0.263. The molecule has 26 heavy (non-hydrogen) atoms. The molecule has 1 saturated carbocycles. The van der Waals surface area contributed by atoms with Crippen LogP contribution in [0.1, 0.15) is 23.2 Å². The van der Waals surface area contributed by atoms with Gasteiger partial charge in [-0.05, 0) is 43.2 Å². The smallest absolute Gasteiger partial charge is 0.258 e. The number of amides is 2. The van der Waals surface area contributed by atoms with Crippen LogP contribution < -0.4 is 25.8 Å². The molecule has 7 heteroatoms. The van der Waals surface area contributed by atoms with Gasteiger partial charge in [-0.2, -0.15) is 0 Å². The Morgan fingerprint density at radius 1 is 1.15 bits per heavy atom. The van der Waals surface area contributed by atoms with E-state index in [1.807, 2.05) is 0 Å². The Balaban J connectivity index is 1.67. The number of methoxy groups -OCH3 is 1. The van der Waals surface area contributed by atoms with Crippen molar-refractivity contribution < 1.29 is 19.1 Å². The standard InChI is InChI=1S/C19H21N3O4/c1-25-16-8-7-15(22-19(24)12-3-2-4-13(20)9-12)10-17(16)26-11-18(23)21-14-5-6-14/h2-4,7-10,14H,5-6,11,20H2,1H3,(H,21,23)(H,22,24). The molecule has 0 heterocycles. The lowest BCUT2D eigenvalue weighted by Crippen LogP contribution is -2.30. The predicted molar refractivity (Wildman–Crippen MR) is 98.5 cm³/mol.